The van der Waals surface area contributed by atoms with Crippen molar-refractivity contribution >= 4 is 22.4 Å². The summed E-state index contributed by atoms with van der Waals surface area (Å²) in [6.07, 6.45) is 0. The Kier molecular flexibility index (Phi) is 2.90. The van der Waals surface area contributed by atoms with Crippen molar-refractivity contribution in [3.8, 4) is 21.8 Å². The molecule has 0 radical (unpaired) electrons. The van der Waals surface area contributed by atoms with Crippen LogP contribution in [0.2, 0.25) is 0 Å². The maximum Gasteiger partial charge on any atom is 0.323 e. The number of hydrogen-bond donors (Lipinski definition) is 2. The third kappa shape index (κ3) is 2.23. The summed E-state index contributed by atoms with van der Waals surface area (Å²) >= 11 is 1.46. The van der Waals surface area contributed by atoms with Gasteiger partial charge in [-0.3, -0.25) is 0 Å². The second-order valence-electron chi connectivity index (χ2n) is 4.89. The lowest BCUT2D eigenvalue weighted by molar-refractivity contribution is 0.628. The summed E-state index contributed by atoms with van der Waals surface area (Å²) < 4.78 is 13.3. The van der Waals surface area contributed by atoms with Crippen LogP contribution in [0.1, 0.15) is 0 Å². The molecule has 0 aliphatic carbocycles. The summed E-state index contributed by atoms with van der Waals surface area (Å²) in [5, 5.41) is 2.68. The average molecular weight is 311 g/mol. The van der Waals surface area contributed by atoms with Crippen LogP contribution in [0.4, 0.5) is 4.39 Å². The van der Waals surface area contributed by atoms with Gasteiger partial charge in [0.2, 0.25) is 0 Å². The van der Waals surface area contributed by atoms with Gasteiger partial charge in [0.05, 0.1) is 16.7 Å². The fourth-order valence-corrected chi connectivity index (χ4v) is 3.18. The molecular weight excluding hydrogens is 301 g/mol. The molecule has 2 aromatic heterocycles. The van der Waals surface area contributed by atoms with Crippen molar-refractivity contribution in [3.05, 3.63) is 64.1 Å². The van der Waals surface area contributed by atoms with E-state index in [4.69, 9.17) is 0 Å². The zero-order valence-electron chi connectivity index (χ0n) is 11.3. The highest BCUT2D eigenvalue weighted by Gasteiger charge is 2.08. The number of rotatable bonds is 2. The van der Waals surface area contributed by atoms with E-state index in [0.29, 0.717) is 0 Å². The number of fused-ring (bicyclic) bond motifs is 1. The van der Waals surface area contributed by atoms with Crippen LogP contribution in [0.3, 0.4) is 0 Å². The molecule has 4 nitrogen and oxygen atoms in total. The van der Waals surface area contributed by atoms with E-state index in [1.54, 1.807) is 6.07 Å². The maximum absolute atomic E-state index is 13.3. The molecule has 22 heavy (non-hydrogen) atoms. The van der Waals surface area contributed by atoms with Gasteiger partial charge < -0.3 is 9.97 Å². The van der Waals surface area contributed by atoms with Crippen molar-refractivity contribution in [3.63, 3.8) is 0 Å². The molecule has 2 N–H and O–H groups in total. The van der Waals surface area contributed by atoms with Crippen molar-refractivity contribution in [2.45, 2.75) is 0 Å². The smallest absolute Gasteiger partial charge is 0.306 e. The largest absolute Gasteiger partial charge is 0.323 e. The van der Waals surface area contributed by atoms with Crippen LogP contribution in [0.15, 0.2) is 52.6 Å². The molecule has 4 rings (SSSR count). The van der Waals surface area contributed by atoms with Gasteiger partial charge in [0.15, 0.2) is 0 Å². The maximum atomic E-state index is 13.3. The van der Waals surface area contributed by atoms with E-state index >= 15 is 0 Å². The first kappa shape index (κ1) is 13.0. The summed E-state index contributed by atoms with van der Waals surface area (Å²) in [5.74, 6) is -0.277. The number of aromatic nitrogens is 3. The zero-order valence-corrected chi connectivity index (χ0v) is 12.1. The van der Waals surface area contributed by atoms with E-state index in [1.807, 2.05) is 29.6 Å². The van der Waals surface area contributed by atoms with Crippen LogP contribution in [-0.4, -0.2) is 15.0 Å². The molecule has 4 aromatic rings. The molecule has 2 aromatic carbocycles. The number of thiazole rings is 1. The van der Waals surface area contributed by atoms with Gasteiger partial charge in [-0.25, -0.2) is 14.2 Å². The SMILES string of the molecule is O=c1[nH]c2ccc(-c3csc(-c4cccc(F)c4)n3)cc2[nH]1. The molecule has 0 saturated carbocycles. The summed E-state index contributed by atoms with van der Waals surface area (Å²) in [6, 6.07) is 12.0. The first-order valence-electron chi connectivity index (χ1n) is 6.63. The van der Waals surface area contributed by atoms with E-state index in [2.05, 4.69) is 15.0 Å². The zero-order chi connectivity index (χ0) is 15.1. The van der Waals surface area contributed by atoms with Crippen molar-refractivity contribution in [2.24, 2.45) is 0 Å². The molecule has 6 heteroatoms. The van der Waals surface area contributed by atoms with Gasteiger partial charge >= 0.3 is 5.69 Å². The predicted molar refractivity (Wildman–Crippen MR) is 85.4 cm³/mol. The van der Waals surface area contributed by atoms with Gasteiger partial charge in [0.1, 0.15) is 10.8 Å². The van der Waals surface area contributed by atoms with E-state index in [-0.39, 0.29) is 11.5 Å². The normalized spacial score (nSPS) is 11.1. The molecule has 0 spiro atoms. The molecule has 0 atom stereocenters. The first-order valence-corrected chi connectivity index (χ1v) is 7.51. The van der Waals surface area contributed by atoms with Gasteiger partial charge in [-0.2, -0.15) is 0 Å². The van der Waals surface area contributed by atoms with Crippen LogP contribution >= 0.6 is 11.3 Å². The van der Waals surface area contributed by atoms with E-state index < -0.39 is 0 Å². The molecule has 0 unspecified atom stereocenters. The van der Waals surface area contributed by atoms with Gasteiger partial charge in [0.25, 0.3) is 0 Å². The standard InChI is InChI=1S/C16H10FN3OS/c17-11-3-1-2-10(6-11)15-18-14(8-22-15)9-4-5-12-13(7-9)20-16(21)19-12/h1-8H,(H2,19,20,21). The van der Waals surface area contributed by atoms with Crippen LogP contribution in [0.5, 0.6) is 0 Å². The molecule has 0 fully saturated rings. The minimum absolute atomic E-state index is 0.231. The van der Waals surface area contributed by atoms with Gasteiger partial charge in [-0.1, -0.05) is 18.2 Å². The number of imidazole rings is 1. The Morgan fingerprint density at radius 1 is 1.00 bits per heavy atom. The number of halogens is 1. The van der Waals surface area contributed by atoms with Gasteiger partial charge in [-0.15, -0.1) is 11.3 Å². The summed E-state index contributed by atoms with van der Waals surface area (Å²) in [6.45, 7) is 0. The lowest BCUT2D eigenvalue weighted by Crippen LogP contribution is -1.99. The lowest BCUT2D eigenvalue weighted by Gasteiger charge is -1.98. The fourth-order valence-electron chi connectivity index (χ4n) is 2.35. The quantitative estimate of drug-likeness (QED) is 0.592. The van der Waals surface area contributed by atoms with Crippen molar-refractivity contribution in [1.29, 1.82) is 0 Å². The molecule has 2 heterocycles. The molecular formula is C16H10FN3OS. The summed E-state index contributed by atoms with van der Waals surface area (Å²) in [4.78, 5) is 21.3. The molecule has 0 aliphatic rings. The Balaban J connectivity index is 1.77. The lowest BCUT2D eigenvalue weighted by atomic mass is 10.1. The Morgan fingerprint density at radius 2 is 1.86 bits per heavy atom. The van der Waals surface area contributed by atoms with Crippen LogP contribution < -0.4 is 5.69 Å². The molecule has 0 saturated heterocycles. The number of nitrogens with one attached hydrogen (secondary N) is 2. The first-order chi connectivity index (χ1) is 10.7. The number of nitrogens with zero attached hydrogens (tertiary/aromatic N) is 1. The minimum atomic E-state index is -0.277. The number of H-pyrrole nitrogens is 2. The average Bonchev–Trinajstić information content (AvgIpc) is 3.11. The summed E-state index contributed by atoms with van der Waals surface area (Å²) in [5.41, 5.74) is 3.73. The number of hydrogen-bond acceptors (Lipinski definition) is 3. The van der Waals surface area contributed by atoms with Crippen molar-refractivity contribution in [1.82, 2.24) is 15.0 Å². The Hall–Kier alpha value is -2.73. The topological polar surface area (TPSA) is 61.5 Å². The second kappa shape index (κ2) is 4.92. The third-order valence-corrected chi connectivity index (χ3v) is 4.28. The monoisotopic (exact) mass is 311 g/mol. The third-order valence-electron chi connectivity index (χ3n) is 3.39. The fraction of sp³-hybridized carbons (Fsp3) is 0. The summed E-state index contributed by atoms with van der Waals surface area (Å²) in [7, 11) is 0. The molecule has 108 valence electrons. The number of benzene rings is 2. The van der Waals surface area contributed by atoms with E-state index in [1.165, 1.54) is 23.5 Å². The van der Waals surface area contributed by atoms with E-state index in [9.17, 15) is 9.18 Å². The van der Waals surface area contributed by atoms with Gasteiger partial charge in [-0.05, 0) is 24.3 Å². The van der Waals surface area contributed by atoms with Crippen LogP contribution in [0, 0.1) is 5.82 Å². The van der Waals surface area contributed by atoms with Crippen molar-refractivity contribution < 1.29 is 4.39 Å². The minimum Gasteiger partial charge on any atom is -0.306 e. The second-order valence-corrected chi connectivity index (χ2v) is 5.75. The number of aromatic amines is 2. The van der Waals surface area contributed by atoms with E-state index in [0.717, 1.165) is 32.9 Å². The van der Waals surface area contributed by atoms with Gasteiger partial charge in [0, 0.05) is 16.5 Å². The molecule has 0 aliphatic heterocycles. The highest BCUT2D eigenvalue weighted by atomic mass is 32.1. The molecule has 0 bridgehead atoms. The molecule has 0 amide bonds. The highest BCUT2D eigenvalue weighted by Crippen LogP contribution is 2.30. The van der Waals surface area contributed by atoms with Crippen LogP contribution in [-0.2, 0) is 0 Å². The Morgan fingerprint density at radius 3 is 2.73 bits per heavy atom. The predicted octanol–water partition coefficient (Wildman–Crippen LogP) is 3.79. The Bertz CT molecular complexity index is 1030. The van der Waals surface area contributed by atoms with Crippen LogP contribution in [0.25, 0.3) is 32.9 Å². The highest BCUT2D eigenvalue weighted by molar-refractivity contribution is 7.13. The Labute approximate surface area is 128 Å². The van der Waals surface area contributed by atoms with Crippen molar-refractivity contribution in [2.75, 3.05) is 0 Å².